The van der Waals surface area contributed by atoms with Gasteiger partial charge in [-0.3, -0.25) is 4.79 Å². The van der Waals surface area contributed by atoms with E-state index in [1.807, 2.05) is 32.9 Å². The summed E-state index contributed by atoms with van der Waals surface area (Å²) in [5, 5.41) is 8.08. The second-order valence-corrected chi connectivity index (χ2v) is 6.34. The Morgan fingerprint density at radius 1 is 1.33 bits per heavy atom. The Morgan fingerprint density at radius 2 is 2.17 bits per heavy atom. The number of aromatic nitrogens is 2. The first kappa shape index (κ1) is 16.7. The highest BCUT2D eigenvalue weighted by molar-refractivity contribution is 5.76. The van der Waals surface area contributed by atoms with Crippen LogP contribution in [0.15, 0.2) is 21.0 Å². The number of carbonyl (C=O) groups is 1. The average molecular weight is 333 g/mol. The van der Waals surface area contributed by atoms with Crippen molar-refractivity contribution in [2.75, 3.05) is 19.7 Å². The van der Waals surface area contributed by atoms with Crippen molar-refractivity contribution in [3.63, 3.8) is 0 Å². The molecule has 1 amide bonds. The van der Waals surface area contributed by atoms with E-state index >= 15 is 0 Å². The predicted octanol–water partition coefficient (Wildman–Crippen LogP) is 2.63. The minimum Gasteiger partial charge on any atom is -0.466 e. The lowest BCUT2D eigenvalue weighted by Gasteiger charge is -2.31. The first-order valence-corrected chi connectivity index (χ1v) is 8.31. The van der Waals surface area contributed by atoms with Crippen LogP contribution in [0.2, 0.25) is 0 Å². The van der Waals surface area contributed by atoms with Gasteiger partial charge < -0.3 is 18.5 Å². The predicted molar refractivity (Wildman–Crippen MR) is 85.4 cm³/mol. The topological polar surface area (TPSA) is 81.6 Å². The lowest BCUT2D eigenvalue weighted by Crippen LogP contribution is -2.42. The summed E-state index contributed by atoms with van der Waals surface area (Å²) in [4.78, 5) is 14.2. The number of carbonyl (C=O) groups excluding carboxylic acids is 1. The second kappa shape index (κ2) is 7.17. The van der Waals surface area contributed by atoms with Gasteiger partial charge in [0, 0.05) is 25.3 Å². The molecule has 1 aliphatic rings. The van der Waals surface area contributed by atoms with Gasteiger partial charge >= 0.3 is 0 Å². The standard InChI is InChI=1S/C17H23N3O4/c1-11(2)16-18-19-17(24-16)14-10-20(8-9-22-14)15(21)7-6-13-5-4-12(3)23-13/h4-5,11,14H,6-10H2,1-3H3/t14-/m1/s1. The highest BCUT2D eigenvalue weighted by Crippen LogP contribution is 2.24. The third-order valence-electron chi connectivity index (χ3n) is 4.03. The normalized spacial score (nSPS) is 18.3. The van der Waals surface area contributed by atoms with Gasteiger partial charge in [-0.05, 0) is 19.1 Å². The minimum atomic E-state index is -0.353. The number of ether oxygens (including phenoxy) is 1. The Balaban J connectivity index is 1.56. The average Bonchev–Trinajstić information content (AvgIpc) is 3.22. The van der Waals surface area contributed by atoms with Crippen LogP contribution >= 0.6 is 0 Å². The molecule has 0 bridgehead atoms. The largest absolute Gasteiger partial charge is 0.466 e. The smallest absolute Gasteiger partial charge is 0.247 e. The quantitative estimate of drug-likeness (QED) is 0.836. The Morgan fingerprint density at radius 3 is 2.83 bits per heavy atom. The van der Waals surface area contributed by atoms with Crippen LogP contribution in [0.5, 0.6) is 0 Å². The maximum absolute atomic E-state index is 12.4. The molecule has 0 N–H and O–H groups in total. The third kappa shape index (κ3) is 3.84. The molecule has 0 aliphatic carbocycles. The molecule has 0 unspecified atom stereocenters. The molecular weight excluding hydrogens is 310 g/mol. The van der Waals surface area contributed by atoms with Gasteiger partial charge in [0.05, 0.1) is 13.2 Å². The van der Waals surface area contributed by atoms with Crippen LogP contribution < -0.4 is 0 Å². The molecule has 3 heterocycles. The molecule has 1 atom stereocenters. The van der Waals surface area contributed by atoms with Gasteiger partial charge in [0.15, 0.2) is 6.10 Å². The van der Waals surface area contributed by atoms with E-state index in [2.05, 4.69) is 10.2 Å². The van der Waals surface area contributed by atoms with E-state index in [1.54, 1.807) is 4.90 Å². The van der Waals surface area contributed by atoms with Crippen molar-refractivity contribution in [1.82, 2.24) is 15.1 Å². The van der Waals surface area contributed by atoms with Crippen molar-refractivity contribution in [1.29, 1.82) is 0 Å². The van der Waals surface area contributed by atoms with Crippen molar-refractivity contribution >= 4 is 5.91 Å². The van der Waals surface area contributed by atoms with Crippen LogP contribution in [0.25, 0.3) is 0 Å². The fourth-order valence-corrected chi connectivity index (χ4v) is 2.64. The molecule has 0 aromatic carbocycles. The van der Waals surface area contributed by atoms with E-state index in [-0.39, 0.29) is 17.9 Å². The zero-order valence-corrected chi connectivity index (χ0v) is 14.3. The Labute approximate surface area is 141 Å². The minimum absolute atomic E-state index is 0.0842. The number of hydrogen-bond donors (Lipinski definition) is 0. The zero-order chi connectivity index (χ0) is 17.1. The van der Waals surface area contributed by atoms with E-state index in [1.165, 1.54) is 0 Å². The van der Waals surface area contributed by atoms with Gasteiger partial charge in [-0.2, -0.15) is 0 Å². The Bertz CT molecular complexity index is 692. The lowest BCUT2D eigenvalue weighted by atomic mass is 10.2. The van der Waals surface area contributed by atoms with Crippen LogP contribution in [0.3, 0.4) is 0 Å². The highest BCUT2D eigenvalue weighted by Gasteiger charge is 2.29. The van der Waals surface area contributed by atoms with E-state index in [9.17, 15) is 4.79 Å². The molecule has 2 aromatic rings. The fraction of sp³-hybridized carbons (Fsp3) is 0.588. The molecule has 7 heteroatoms. The first-order chi connectivity index (χ1) is 11.5. The van der Waals surface area contributed by atoms with Crippen LogP contribution in [0.1, 0.15) is 55.6 Å². The molecule has 0 spiro atoms. The van der Waals surface area contributed by atoms with Crippen molar-refractivity contribution in [3.05, 3.63) is 35.4 Å². The van der Waals surface area contributed by atoms with Crippen molar-refractivity contribution in [2.45, 2.75) is 45.6 Å². The molecule has 1 fully saturated rings. The van der Waals surface area contributed by atoms with Crippen molar-refractivity contribution in [3.8, 4) is 0 Å². The molecule has 3 rings (SSSR count). The van der Waals surface area contributed by atoms with Crippen molar-refractivity contribution < 1.29 is 18.4 Å². The van der Waals surface area contributed by atoms with Gasteiger partial charge in [-0.1, -0.05) is 13.8 Å². The summed E-state index contributed by atoms with van der Waals surface area (Å²) in [6.45, 7) is 7.37. The molecule has 130 valence electrons. The summed E-state index contributed by atoms with van der Waals surface area (Å²) in [5.41, 5.74) is 0. The number of hydrogen-bond acceptors (Lipinski definition) is 6. The lowest BCUT2D eigenvalue weighted by molar-refractivity contribution is -0.139. The van der Waals surface area contributed by atoms with Gasteiger partial charge in [0.1, 0.15) is 11.5 Å². The maximum atomic E-state index is 12.4. The summed E-state index contributed by atoms with van der Waals surface area (Å²) >= 11 is 0. The third-order valence-corrected chi connectivity index (χ3v) is 4.03. The van der Waals surface area contributed by atoms with E-state index in [0.29, 0.717) is 44.3 Å². The molecule has 1 aliphatic heterocycles. The molecule has 1 saturated heterocycles. The first-order valence-electron chi connectivity index (χ1n) is 8.31. The zero-order valence-electron chi connectivity index (χ0n) is 14.3. The number of amides is 1. The fourth-order valence-electron chi connectivity index (χ4n) is 2.64. The summed E-state index contributed by atoms with van der Waals surface area (Å²) in [7, 11) is 0. The van der Waals surface area contributed by atoms with Crippen molar-refractivity contribution in [2.24, 2.45) is 0 Å². The summed E-state index contributed by atoms with van der Waals surface area (Å²) in [6.07, 6.45) is 0.668. The second-order valence-electron chi connectivity index (χ2n) is 6.34. The van der Waals surface area contributed by atoms with Crippen LogP contribution in [-0.4, -0.2) is 40.7 Å². The number of morpholine rings is 1. The molecule has 0 radical (unpaired) electrons. The van der Waals surface area contributed by atoms with Gasteiger partial charge in [0.2, 0.25) is 17.7 Å². The SMILES string of the molecule is Cc1ccc(CCC(=O)N2CCO[C@@H](c3nnc(C(C)C)o3)C2)o1. The molecule has 0 saturated carbocycles. The summed E-state index contributed by atoms with van der Waals surface area (Å²) in [5.74, 6) is 2.98. The molecule has 24 heavy (non-hydrogen) atoms. The molecule has 2 aromatic heterocycles. The Kier molecular flexibility index (Phi) is 4.99. The molecular formula is C17H23N3O4. The maximum Gasteiger partial charge on any atom is 0.247 e. The number of furan rings is 1. The van der Waals surface area contributed by atoms with Gasteiger partial charge in [-0.25, -0.2) is 0 Å². The van der Waals surface area contributed by atoms with Gasteiger partial charge in [0.25, 0.3) is 0 Å². The summed E-state index contributed by atoms with van der Waals surface area (Å²) < 4.78 is 16.8. The Hall–Kier alpha value is -2.15. The number of nitrogens with zero attached hydrogens (tertiary/aromatic N) is 3. The van der Waals surface area contributed by atoms with Gasteiger partial charge in [-0.15, -0.1) is 10.2 Å². The van der Waals surface area contributed by atoms with E-state index < -0.39 is 0 Å². The molecule has 7 nitrogen and oxygen atoms in total. The van der Waals surface area contributed by atoms with Crippen LogP contribution in [-0.2, 0) is 16.0 Å². The van der Waals surface area contributed by atoms with E-state index in [4.69, 9.17) is 13.6 Å². The van der Waals surface area contributed by atoms with Crippen LogP contribution in [0.4, 0.5) is 0 Å². The number of aryl methyl sites for hydroxylation is 2. The van der Waals surface area contributed by atoms with E-state index in [0.717, 1.165) is 11.5 Å². The number of rotatable bonds is 5. The van der Waals surface area contributed by atoms with Crippen LogP contribution in [0, 0.1) is 6.92 Å². The summed E-state index contributed by atoms with van der Waals surface area (Å²) in [6, 6.07) is 3.82. The highest BCUT2D eigenvalue weighted by atomic mass is 16.5. The monoisotopic (exact) mass is 333 g/mol.